The first-order valence-electron chi connectivity index (χ1n) is 5.16. The van der Waals surface area contributed by atoms with Crippen LogP contribution in [0.5, 0.6) is 0 Å². The number of benzene rings is 1. The minimum Gasteiger partial charge on any atom is -0.335 e. The monoisotopic (exact) mass is 288 g/mol. The van der Waals surface area contributed by atoms with Crippen molar-refractivity contribution < 1.29 is 0 Å². The van der Waals surface area contributed by atoms with Crippen molar-refractivity contribution in [1.82, 2.24) is 19.9 Å². The Labute approximate surface area is 106 Å². The Morgan fingerprint density at radius 1 is 1.29 bits per heavy atom. The Bertz CT molecular complexity index is 657. The summed E-state index contributed by atoms with van der Waals surface area (Å²) in [6.07, 6.45) is 3.23. The van der Waals surface area contributed by atoms with Gasteiger partial charge in [0.1, 0.15) is 17.7 Å². The van der Waals surface area contributed by atoms with Gasteiger partial charge in [-0.25, -0.2) is 15.0 Å². The molecule has 0 radical (unpaired) electrons. The van der Waals surface area contributed by atoms with Crippen molar-refractivity contribution in [3.63, 3.8) is 0 Å². The molecule has 0 aliphatic rings. The first kappa shape index (κ1) is 10.4. The number of halogens is 1. The van der Waals surface area contributed by atoms with Crippen LogP contribution in [0.4, 0.5) is 0 Å². The summed E-state index contributed by atoms with van der Waals surface area (Å²) >= 11 is 3.48. The van der Waals surface area contributed by atoms with Crippen LogP contribution in [0, 0.1) is 6.92 Å². The predicted molar refractivity (Wildman–Crippen MR) is 69.6 cm³/mol. The highest BCUT2D eigenvalue weighted by Gasteiger charge is 2.06. The Morgan fingerprint density at radius 3 is 2.94 bits per heavy atom. The number of hydrogen-bond donors (Lipinski definition) is 1. The maximum atomic E-state index is 4.43. The van der Waals surface area contributed by atoms with Gasteiger partial charge in [0.2, 0.25) is 0 Å². The third kappa shape index (κ3) is 1.82. The second kappa shape index (κ2) is 3.92. The van der Waals surface area contributed by atoms with E-state index in [0.717, 1.165) is 21.4 Å². The molecule has 0 unspecified atom stereocenters. The zero-order valence-corrected chi connectivity index (χ0v) is 10.7. The van der Waals surface area contributed by atoms with Gasteiger partial charge in [-0.1, -0.05) is 22.0 Å². The summed E-state index contributed by atoms with van der Waals surface area (Å²) in [4.78, 5) is 15.7. The van der Waals surface area contributed by atoms with E-state index in [4.69, 9.17) is 0 Å². The molecule has 3 aromatic rings. The quantitative estimate of drug-likeness (QED) is 0.749. The van der Waals surface area contributed by atoms with Gasteiger partial charge in [-0.3, -0.25) is 0 Å². The Morgan fingerprint density at radius 2 is 2.18 bits per heavy atom. The van der Waals surface area contributed by atoms with Crippen LogP contribution in [0.3, 0.4) is 0 Å². The van der Waals surface area contributed by atoms with E-state index in [1.165, 1.54) is 11.9 Å². The molecule has 2 aromatic heterocycles. The lowest BCUT2D eigenvalue weighted by Crippen LogP contribution is -1.83. The summed E-state index contributed by atoms with van der Waals surface area (Å²) in [5.41, 5.74) is 3.76. The topological polar surface area (TPSA) is 54.5 Å². The van der Waals surface area contributed by atoms with E-state index < -0.39 is 0 Å². The molecule has 3 rings (SSSR count). The molecule has 0 aliphatic heterocycles. The molecule has 2 heterocycles. The smallest absolute Gasteiger partial charge is 0.181 e. The van der Waals surface area contributed by atoms with Crippen LogP contribution in [0.2, 0.25) is 0 Å². The highest BCUT2D eigenvalue weighted by atomic mass is 79.9. The van der Waals surface area contributed by atoms with Crippen LogP contribution >= 0.6 is 15.9 Å². The van der Waals surface area contributed by atoms with Crippen LogP contribution in [0.1, 0.15) is 5.56 Å². The molecular formula is C12H9BrN4. The number of H-pyrrole nitrogens is 1. The standard InChI is InChI=1S/C12H9BrN4/c1-7-4-8(2-3-9(7)13)11-16-10-5-14-6-15-12(10)17-11/h2-6H,1H3,(H,14,15,16,17). The number of rotatable bonds is 1. The largest absolute Gasteiger partial charge is 0.335 e. The van der Waals surface area contributed by atoms with Crippen LogP contribution in [-0.4, -0.2) is 19.9 Å². The van der Waals surface area contributed by atoms with Crippen molar-refractivity contribution in [3.05, 3.63) is 40.8 Å². The van der Waals surface area contributed by atoms with Gasteiger partial charge in [-0.2, -0.15) is 0 Å². The lowest BCUT2D eigenvalue weighted by Gasteiger charge is -2.00. The molecule has 0 spiro atoms. The Kier molecular flexibility index (Phi) is 2.40. The Hall–Kier alpha value is -1.75. The molecule has 0 amide bonds. The Balaban J connectivity index is 2.17. The molecule has 17 heavy (non-hydrogen) atoms. The first-order valence-corrected chi connectivity index (χ1v) is 5.95. The maximum absolute atomic E-state index is 4.43. The molecular weight excluding hydrogens is 280 g/mol. The molecule has 1 N–H and O–H groups in total. The minimum absolute atomic E-state index is 0.690. The van der Waals surface area contributed by atoms with E-state index >= 15 is 0 Å². The third-order valence-corrected chi connectivity index (χ3v) is 3.48. The highest BCUT2D eigenvalue weighted by molar-refractivity contribution is 9.10. The summed E-state index contributed by atoms with van der Waals surface area (Å²) < 4.78 is 1.09. The molecule has 1 aromatic carbocycles. The normalized spacial score (nSPS) is 10.9. The molecule has 0 aliphatic carbocycles. The summed E-state index contributed by atoms with van der Waals surface area (Å²) in [5.74, 6) is 0.816. The van der Waals surface area contributed by atoms with Gasteiger partial charge in [0.05, 0.1) is 6.20 Å². The summed E-state index contributed by atoms with van der Waals surface area (Å²) in [7, 11) is 0. The zero-order chi connectivity index (χ0) is 11.8. The first-order chi connectivity index (χ1) is 8.24. The second-order valence-corrected chi connectivity index (χ2v) is 4.66. The third-order valence-electron chi connectivity index (χ3n) is 2.59. The van der Waals surface area contributed by atoms with E-state index in [-0.39, 0.29) is 0 Å². The van der Waals surface area contributed by atoms with Crippen molar-refractivity contribution in [3.8, 4) is 11.4 Å². The van der Waals surface area contributed by atoms with Crippen molar-refractivity contribution >= 4 is 27.1 Å². The maximum Gasteiger partial charge on any atom is 0.181 e. The fourth-order valence-electron chi connectivity index (χ4n) is 1.69. The van der Waals surface area contributed by atoms with E-state index in [1.54, 1.807) is 6.20 Å². The van der Waals surface area contributed by atoms with Gasteiger partial charge in [0.25, 0.3) is 0 Å². The lowest BCUT2D eigenvalue weighted by molar-refractivity contribution is 1.20. The molecule has 0 fully saturated rings. The molecule has 4 nitrogen and oxygen atoms in total. The highest BCUT2D eigenvalue weighted by Crippen LogP contribution is 2.24. The molecule has 0 saturated carbocycles. The van der Waals surface area contributed by atoms with Crippen LogP contribution in [0.15, 0.2) is 35.2 Å². The SMILES string of the molecule is Cc1cc(-c2nc3ncncc3[nH]2)ccc1Br. The molecule has 5 heteroatoms. The van der Waals surface area contributed by atoms with Gasteiger partial charge >= 0.3 is 0 Å². The molecule has 0 atom stereocenters. The van der Waals surface area contributed by atoms with Gasteiger partial charge < -0.3 is 4.98 Å². The average molecular weight is 289 g/mol. The number of nitrogens with one attached hydrogen (secondary N) is 1. The van der Waals surface area contributed by atoms with Gasteiger partial charge in [-0.05, 0) is 24.6 Å². The fraction of sp³-hybridized carbons (Fsp3) is 0.0833. The zero-order valence-electron chi connectivity index (χ0n) is 9.11. The minimum atomic E-state index is 0.690. The number of hydrogen-bond acceptors (Lipinski definition) is 3. The van der Waals surface area contributed by atoms with E-state index in [0.29, 0.717) is 5.65 Å². The number of aromatic nitrogens is 4. The molecule has 84 valence electrons. The van der Waals surface area contributed by atoms with Crippen LogP contribution in [-0.2, 0) is 0 Å². The number of fused-ring (bicyclic) bond motifs is 1. The van der Waals surface area contributed by atoms with Crippen molar-refractivity contribution in [1.29, 1.82) is 0 Å². The molecule has 0 saturated heterocycles. The number of imidazole rings is 1. The molecule has 0 bridgehead atoms. The van der Waals surface area contributed by atoms with Gasteiger partial charge in [0, 0.05) is 10.0 Å². The second-order valence-electron chi connectivity index (χ2n) is 3.81. The van der Waals surface area contributed by atoms with E-state index in [1.807, 2.05) is 12.1 Å². The predicted octanol–water partition coefficient (Wildman–Crippen LogP) is 3.09. The van der Waals surface area contributed by atoms with Gasteiger partial charge in [-0.15, -0.1) is 0 Å². The van der Waals surface area contributed by atoms with E-state index in [9.17, 15) is 0 Å². The number of aromatic amines is 1. The van der Waals surface area contributed by atoms with Gasteiger partial charge in [0.15, 0.2) is 5.65 Å². The summed E-state index contributed by atoms with van der Waals surface area (Å²) in [6, 6.07) is 6.11. The summed E-state index contributed by atoms with van der Waals surface area (Å²) in [6.45, 7) is 2.05. The number of aryl methyl sites for hydroxylation is 1. The lowest BCUT2D eigenvalue weighted by atomic mass is 10.1. The number of nitrogens with zero attached hydrogens (tertiary/aromatic N) is 3. The van der Waals surface area contributed by atoms with Crippen LogP contribution < -0.4 is 0 Å². The van der Waals surface area contributed by atoms with Crippen molar-refractivity contribution in [2.75, 3.05) is 0 Å². The van der Waals surface area contributed by atoms with E-state index in [2.05, 4.69) is 48.9 Å². The van der Waals surface area contributed by atoms with Crippen molar-refractivity contribution in [2.24, 2.45) is 0 Å². The van der Waals surface area contributed by atoms with Crippen molar-refractivity contribution in [2.45, 2.75) is 6.92 Å². The fourth-order valence-corrected chi connectivity index (χ4v) is 1.94. The van der Waals surface area contributed by atoms with Crippen LogP contribution in [0.25, 0.3) is 22.6 Å². The average Bonchev–Trinajstić information content (AvgIpc) is 2.76. The summed E-state index contributed by atoms with van der Waals surface area (Å²) in [5, 5.41) is 0.